The van der Waals surface area contributed by atoms with Crippen molar-refractivity contribution in [1.82, 2.24) is 20.4 Å². The van der Waals surface area contributed by atoms with E-state index in [-0.39, 0.29) is 30.6 Å². The summed E-state index contributed by atoms with van der Waals surface area (Å²) in [5.41, 5.74) is 7.62. The van der Waals surface area contributed by atoms with Gasteiger partial charge in [-0.05, 0) is 57.2 Å². The Kier molecular flexibility index (Phi) is 7.15. The predicted molar refractivity (Wildman–Crippen MR) is 115 cm³/mol. The lowest BCUT2D eigenvalue weighted by molar-refractivity contribution is -0.128. The maximum Gasteiger partial charge on any atom is 0.323 e. The highest BCUT2D eigenvalue weighted by atomic mass is 16.2. The summed E-state index contributed by atoms with van der Waals surface area (Å²) in [7, 11) is 0. The zero-order valence-corrected chi connectivity index (χ0v) is 17.7. The molecule has 1 aromatic carbocycles. The van der Waals surface area contributed by atoms with Gasteiger partial charge < -0.3 is 21.7 Å². The number of hydrogen-bond donors (Lipinski definition) is 4. The van der Waals surface area contributed by atoms with Gasteiger partial charge in [-0.25, -0.2) is 9.59 Å². The Morgan fingerprint density at radius 1 is 1.07 bits per heavy atom. The van der Waals surface area contributed by atoms with Crippen LogP contribution >= 0.6 is 0 Å². The summed E-state index contributed by atoms with van der Waals surface area (Å²) < 4.78 is 0. The molecule has 5 N–H and O–H groups in total. The lowest BCUT2D eigenvalue weighted by atomic mass is 9.92. The van der Waals surface area contributed by atoms with E-state index >= 15 is 0 Å². The normalized spacial score (nSPS) is 23.8. The first kappa shape index (κ1) is 21.9. The second-order valence-electron chi connectivity index (χ2n) is 8.02. The van der Waals surface area contributed by atoms with Gasteiger partial charge in [0.2, 0.25) is 0 Å². The molecule has 0 radical (unpaired) electrons. The zero-order chi connectivity index (χ0) is 21.7. The van der Waals surface area contributed by atoms with Crippen LogP contribution in [0.2, 0.25) is 0 Å². The lowest BCUT2D eigenvalue weighted by Gasteiger charge is -2.32. The smallest absolute Gasteiger partial charge is 0.323 e. The van der Waals surface area contributed by atoms with E-state index in [1.54, 1.807) is 6.07 Å². The van der Waals surface area contributed by atoms with Crippen LogP contribution in [0.1, 0.15) is 38.2 Å². The highest BCUT2D eigenvalue weighted by molar-refractivity contribution is 5.96. The van der Waals surface area contributed by atoms with Crippen molar-refractivity contribution in [2.75, 3.05) is 25.0 Å². The fourth-order valence-electron chi connectivity index (χ4n) is 4.05. The van der Waals surface area contributed by atoms with Crippen LogP contribution < -0.4 is 21.7 Å². The van der Waals surface area contributed by atoms with Gasteiger partial charge in [0, 0.05) is 37.4 Å². The molecule has 2 aliphatic rings. The van der Waals surface area contributed by atoms with Gasteiger partial charge in [0.15, 0.2) is 6.17 Å². The third-order valence-electron chi connectivity index (χ3n) is 5.64. The Labute approximate surface area is 177 Å². The number of rotatable bonds is 4. The summed E-state index contributed by atoms with van der Waals surface area (Å²) in [5, 5.41) is 8.60. The minimum absolute atomic E-state index is 0.00988. The maximum atomic E-state index is 13.1. The molecule has 0 spiro atoms. The van der Waals surface area contributed by atoms with E-state index in [2.05, 4.69) is 16.0 Å². The van der Waals surface area contributed by atoms with E-state index < -0.39 is 12.2 Å². The maximum absolute atomic E-state index is 13.1. The summed E-state index contributed by atoms with van der Waals surface area (Å²) >= 11 is 0. The van der Waals surface area contributed by atoms with Crippen molar-refractivity contribution >= 4 is 23.7 Å². The largest absolute Gasteiger partial charge is 0.350 e. The number of aryl methyl sites for hydroxylation is 1. The number of amides is 5. The quantitative estimate of drug-likeness (QED) is 0.596. The van der Waals surface area contributed by atoms with Crippen LogP contribution in [-0.2, 0) is 4.79 Å². The van der Waals surface area contributed by atoms with Crippen LogP contribution in [0.3, 0.4) is 0 Å². The van der Waals surface area contributed by atoms with Crippen molar-refractivity contribution in [2.45, 2.75) is 57.8 Å². The van der Waals surface area contributed by atoms with Crippen molar-refractivity contribution in [1.29, 1.82) is 0 Å². The highest BCUT2D eigenvalue weighted by Gasteiger charge is 2.43. The van der Waals surface area contributed by atoms with E-state index in [0.717, 1.165) is 31.2 Å². The number of carbonyl (C=O) groups is 3. The fraction of sp³-hybridized carbons (Fsp3) is 0.571. The molecule has 9 nitrogen and oxygen atoms in total. The summed E-state index contributed by atoms with van der Waals surface area (Å²) in [6, 6.07) is 6.87. The van der Waals surface area contributed by atoms with E-state index in [1.165, 1.54) is 9.80 Å². The zero-order valence-electron chi connectivity index (χ0n) is 17.7. The predicted octanol–water partition coefficient (Wildman–Crippen LogP) is 1.59. The molecule has 2 fully saturated rings. The van der Waals surface area contributed by atoms with Gasteiger partial charge in [-0.1, -0.05) is 12.1 Å². The third-order valence-corrected chi connectivity index (χ3v) is 5.64. The van der Waals surface area contributed by atoms with Gasteiger partial charge in [-0.15, -0.1) is 0 Å². The summed E-state index contributed by atoms with van der Waals surface area (Å²) in [6.07, 6.45) is 2.32. The van der Waals surface area contributed by atoms with Gasteiger partial charge in [0.1, 0.15) is 0 Å². The van der Waals surface area contributed by atoms with Crippen molar-refractivity contribution in [3.63, 3.8) is 0 Å². The minimum Gasteiger partial charge on any atom is -0.350 e. The molecule has 30 heavy (non-hydrogen) atoms. The van der Waals surface area contributed by atoms with Gasteiger partial charge >= 0.3 is 12.1 Å². The van der Waals surface area contributed by atoms with E-state index in [9.17, 15) is 14.4 Å². The Balaban J connectivity index is 1.74. The van der Waals surface area contributed by atoms with Gasteiger partial charge in [0.25, 0.3) is 5.91 Å². The number of carbonyl (C=O) groups excluding carboxylic acids is 3. The van der Waals surface area contributed by atoms with Crippen molar-refractivity contribution in [3.05, 3.63) is 29.8 Å². The highest BCUT2D eigenvalue weighted by Crippen LogP contribution is 2.21. The van der Waals surface area contributed by atoms with Crippen LogP contribution in [0.15, 0.2) is 24.3 Å². The SMILES string of the molecule is CCNC(=O)N1CCN(C(=O)Nc2cccc(C)c2)C1C(=O)NC1CCC(N)CC1. The molecule has 5 amide bonds. The molecule has 1 aliphatic carbocycles. The van der Waals surface area contributed by atoms with E-state index in [0.29, 0.717) is 18.8 Å². The number of nitrogens with two attached hydrogens (primary N) is 1. The van der Waals surface area contributed by atoms with Crippen LogP contribution in [0.5, 0.6) is 0 Å². The molecule has 1 atom stereocenters. The van der Waals surface area contributed by atoms with Gasteiger partial charge in [-0.3, -0.25) is 14.6 Å². The summed E-state index contributed by atoms with van der Waals surface area (Å²) in [6.45, 7) is 4.77. The van der Waals surface area contributed by atoms with Gasteiger partial charge in [-0.2, -0.15) is 0 Å². The van der Waals surface area contributed by atoms with Crippen LogP contribution in [0.4, 0.5) is 15.3 Å². The molecule has 1 aromatic rings. The number of benzene rings is 1. The Bertz CT molecular complexity index is 778. The molecule has 1 heterocycles. The average molecular weight is 417 g/mol. The van der Waals surface area contributed by atoms with Crippen molar-refractivity contribution in [3.8, 4) is 0 Å². The molecule has 1 saturated heterocycles. The first-order valence-corrected chi connectivity index (χ1v) is 10.6. The lowest BCUT2D eigenvalue weighted by Crippen LogP contribution is -2.58. The van der Waals surface area contributed by atoms with Crippen molar-refractivity contribution < 1.29 is 14.4 Å². The monoisotopic (exact) mass is 416 g/mol. The molecular formula is C21H32N6O3. The number of nitrogens with zero attached hydrogens (tertiary/aromatic N) is 2. The van der Waals surface area contributed by atoms with Crippen molar-refractivity contribution in [2.24, 2.45) is 5.73 Å². The average Bonchev–Trinajstić information content (AvgIpc) is 3.15. The number of urea groups is 2. The van der Waals surface area contributed by atoms with Gasteiger partial charge in [0.05, 0.1) is 0 Å². The molecule has 1 saturated carbocycles. The van der Waals surface area contributed by atoms with E-state index in [1.807, 2.05) is 32.0 Å². The molecule has 9 heteroatoms. The first-order valence-electron chi connectivity index (χ1n) is 10.6. The van der Waals surface area contributed by atoms with Crippen LogP contribution in [-0.4, -0.2) is 65.7 Å². The molecule has 0 bridgehead atoms. The van der Waals surface area contributed by atoms with Crippen LogP contribution in [0.25, 0.3) is 0 Å². The standard InChI is InChI=1S/C21H32N6O3/c1-3-23-20(29)26-11-12-27(21(30)25-17-6-4-5-14(2)13-17)19(26)18(28)24-16-9-7-15(22)8-10-16/h4-6,13,15-16,19H,3,7-12,22H2,1-2H3,(H,23,29)(H,24,28)(H,25,30). The topological polar surface area (TPSA) is 120 Å². The molecule has 0 aromatic heterocycles. The van der Waals surface area contributed by atoms with E-state index in [4.69, 9.17) is 5.73 Å². The Morgan fingerprint density at radius 3 is 2.37 bits per heavy atom. The summed E-state index contributed by atoms with van der Waals surface area (Å²) in [4.78, 5) is 41.5. The fourth-order valence-corrected chi connectivity index (χ4v) is 4.05. The molecule has 164 valence electrons. The van der Waals surface area contributed by atoms with Crippen LogP contribution in [0, 0.1) is 6.92 Å². The number of hydrogen-bond acceptors (Lipinski definition) is 4. The first-order chi connectivity index (χ1) is 14.4. The molecular weight excluding hydrogens is 384 g/mol. The molecule has 1 aliphatic heterocycles. The number of anilines is 1. The summed E-state index contributed by atoms with van der Waals surface area (Å²) in [5.74, 6) is -0.335. The number of nitrogens with one attached hydrogen (secondary N) is 3. The molecule has 3 rings (SSSR count). The Hall–Kier alpha value is -2.81. The molecule has 1 unspecified atom stereocenters. The third kappa shape index (κ3) is 5.21. The Morgan fingerprint density at radius 2 is 1.73 bits per heavy atom. The second-order valence-corrected chi connectivity index (χ2v) is 8.02. The second kappa shape index (κ2) is 9.80. The minimum atomic E-state index is -0.989.